The van der Waals surface area contributed by atoms with E-state index in [0.29, 0.717) is 5.16 Å². The Morgan fingerprint density at radius 3 is 2.08 bits per heavy atom. The van der Waals surface area contributed by atoms with Crippen LogP contribution in [-0.2, 0) is 0 Å². The maximum absolute atomic E-state index is 2.42. The largest absolute Gasteiger partial charge is 0.0831 e. The lowest BCUT2D eigenvalue weighted by Crippen LogP contribution is -2.38. The van der Waals surface area contributed by atoms with Gasteiger partial charge in [-0.25, -0.2) is 0 Å². The molecule has 2 saturated carbocycles. The zero-order valence-corrected chi connectivity index (χ0v) is 16.3. The smallest absolute Gasteiger partial charge is 0.00531 e. The zero-order valence-electron chi connectivity index (χ0n) is 15.3. The van der Waals surface area contributed by atoms with Crippen molar-refractivity contribution in [1.29, 1.82) is 0 Å². The fraction of sp³-hybridized carbons (Fsp3) is 0.500. The second-order valence-electron chi connectivity index (χ2n) is 8.09. The molecule has 0 bridgehead atoms. The predicted octanol–water partition coefficient (Wildman–Crippen LogP) is 6.94. The summed E-state index contributed by atoms with van der Waals surface area (Å²) in [4.78, 5) is 0. The third kappa shape index (κ3) is 3.85. The first kappa shape index (κ1) is 17.3. The highest BCUT2D eigenvalue weighted by Crippen LogP contribution is 2.53. The first-order valence-electron chi connectivity index (χ1n) is 10.3. The molecule has 2 aliphatic carbocycles. The van der Waals surface area contributed by atoms with Gasteiger partial charge in [-0.1, -0.05) is 102 Å². The maximum atomic E-state index is 2.42. The zero-order chi connectivity index (χ0) is 17.0. The Kier molecular flexibility index (Phi) is 5.57. The molecule has 2 fully saturated rings. The summed E-state index contributed by atoms with van der Waals surface area (Å²) in [6.45, 7) is 0. The van der Waals surface area contributed by atoms with E-state index in [2.05, 4.69) is 54.6 Å². The summed E-state index contributed by atoms with van der Waals surface area (Å²) < 4.78 is 0. The summed E-state index contributed by atoms with van der Waals surface area (Å²) in [6, 6.07) is 20.2. The summed E-state index contributed by atoms with van der Waals surface area (Å²) in [5, 5.41) is 2.21. The summed E-state index contributed by atoms with van der Waals surface area (Å²) >= 11 is 0. The van der Waals surface area contributed by atoms with Crippen LogP contribution in [0.4, 0.5) is 0 Å². The molecule has 0 amide bonds. The summed E-state index contributed by atoms with van der Waals surface area (Å²) in [6.07, 6.45) is 14.7. The normalized spacial score (nSPS) is 21.6. The molecule has 132 valence electrons. The minimum Gasteiger partial charge on any atom is -0.0831 e. The Balaban J connectivity index is 1.67. The minimum absolute atomic E-state index is 0.601. The molecular formula is C24H31P. The van der Waals surface area contributed by atoms with Crippen LogP contribution in [0.2, 0.25) is 0 Å². The van der Waals surface area contributed by atoms with E-state index in [1.165, 1.54) is 75.3 Å². The van der Waals surface area contributed by atoms with Crippen molar-refractivity contribution >= 4 is 13.9 Å². The van der Waals surface area contributed by atoms with E-state index >= 15 is 0 Å². The lowest BCUT2D eigenvalue weighted by atomic mass is 9.72. The third-order valence-electron chi connectivity index (χ3n) is 6.53. The molecule has 25 heavy (non-hydrogen) atoms. The van der Waals surface area contributed by atoms with Crippen LogP contribution in [0, 0.1) is 5.92 Å². The van der Waals surface area contributed by atoms with E-state index in [1.54, 1.807) is 5.30 Å². The summed E-state index contributed by atoms with van der Waals surface area (Å²) in [5.41, 5.74) is 2.86. The molecule has 4 rings (SSSR count). The Bertz CT molecular complexity index is 664. The highest BCUT2D eigenvalue weighted by atomic mass is 31.1. The topological polar surface area (TPSA) is 0 Å². The van der Waals surface area contributed by atoms with Crippen LogP contribution in [0.3, 0.4) is 0 Å². The molecule has 0 aromatic heterocycles. The SMILES string of the molecule is c1ccc(-c2ccccc2PC2(C3CCCCC3)CCCCC2)cc1. The number of rotatable bonds is 4. The lowest BCUT2D eigenvalue weighted by Gasteiger charge is -2.46. The Morgan fingerprint density at radius 2 is 1.32 bits per heavy atom. The van der Waals surface area contributed by atoms with Crippen LogP contribution in [0.1, 0.15) is 64.2 Å². The summed E-state index contributed by atoms with van der Waals surface area (Å²) in [7, 11) is 0.979. The van der Waals surface area contributed by atoms with Gasteiger partial charge in [-0.3, -0.25) is 0 Å². The first-order valence-corrected chi connectivity index (χ1v) is 11.3. The van der Waals surface area contributed by atoms with E-state index < -0.39 is 0 Å². The molecule has 0 saturated heterocycles. The third-order valence-corrected chi connectivity index (χ3v) is 8.64. The van der Waals surface area contributed by atoms with Crippen molar-refractivity contribution in [3.63, 3.8) is 0 Å². The van der Waals surface area contributed by atoms with Crippen molar-refractivity contribution in [2.45, 2.75) is 69.4 Å². The second kappa shape index (κ2) is 8.05. The van der Waals surface area contributed by atoms with Gasteiger partial charge in [0.1, 0.15) is 0 Å². The average Bonchev–Trinajstić information content (AvgIpc) is 2.70. The maximum Gasteiger partial charge on any atom is -0.00531 e. The molecule has 0 nitrogen and oxygen atoms in total. The molecule has 2 aromatic carbocycles. The number of hydrogen-bond acceptors (Lipinski definition) is 0. The van der Waals surface area contributed by atoms with Gasteiger partial charge in [0.15, 0.2) is 0 Å². The molecule has 0 spiro atoms. The van der Waals surface area contributed by atoms with Gasteiger partial charge in [-0.2, -0.15) is 0 Å². The van der Waals surface area contributed by atoms with Gasteiger partial charge in [-0.05, 0) is 53.2 Å². The lowest BCUT2D eigenvalue weighted by molar-refractivity contribution is 0.225. The van der Waals surface area contributed by atoms with E-state index in [-0.39, 0.29) is 0 Å². The average molecular weight is 350 g/mol. The molecule has 1 unspecified atom stereocenters. The quantitative estimate of drug-likeness (QED) is 0.524. The van der Waals surface area contributed by atoms with Gasteiger partial charge in [0.2, 0.25) is 0 Å². The molecule has 0 heterocycles. The van der Waals surface area contributed by atoms with Crippen LogP contribution >= 0.6 is 8.58 Å². The van der Waals surface area contributed by atoms with Crippen molar-refractivity contribution in [3.8, 4) is 11.1 Å². The molecule has 0 N–H and O–H groups in total. The van der Waals surface area contributed by atoms with Gasteiger partial charge in [-0.15, -0.1) is 0 Å². The van der Waals surface area contributed by atoms with Crippen molar-refractivity contribution in [2.24, 2.45) is 5.92 Å². The molecule has 0 aliphatic heterocycles. The standard InChI is InChI=1S/C24H31P/c1-4-12-20(13-5-1)22-16-8-9-17-23(22)25-24(18-10-3-11-19-24)21-14-6-2-7-15-21/h1,4-5,8-9,12-13,16-17,21,25H,2-3,6-7,10-11,14-15,18-19H2. The number of benzene rings is 2. The van der Waals surface area contributed by atoms with Crippen LogP contribution in [0.25, 0.3) is 11.1 Å². The first-order chi connectivity index (χ1) is 12.4. The van der Waals surface area contributed by atoms with Gasteiger partial charge in [0.05, 0.1) is 0 Å². The highest BCUT2D eigenvalue weighted by molar-refractivity contribution is 7.49. The fourth-order valence-corrected chi connectivity index (χ4v) is 7.38. The van der Waals surface area contributed by atoms with Crippen LogP contribution in [0.15, 0.2) is 54.6 Å². The van der Waals surface area contributed by atoms with Gasteiger partial charge >= 0.3 is 0 Å². The Hall–Kier alpha value is -1.13. The van der Waals surface area contributed by atoms with Crippen molar-refractivity contribution in [1.82, 2.24) is 0 Å². The van der Waals surface area contributed by atoms with Crippen molar-refractivity contribution < 1.29 is 0 Å². The molecule has 2 aromatic rings. The van der Waals surface area contributed by atoms with Crippen LogP contribution < -0.4 is 5.30 Å². The van der Waals surface area contributed by atoms with Crippen LogP contribution in [-0.4, -0.2) is 5.16 Å². The Labute approximate surface area is 155 Å². The van der Waals surface area contributed by atoms with Crippen molar-refractivity contribution in [3.05, 3.63) is 54.6 Å². The molecule has 0 radical (unpaired) electrons. The molecule has 1 atom stereocenters. The van der Waals surface area contributed by atoms with Crippen molar-refractivity contribution in [2.75, 3.05) is 0 Å². The molecular weight excluding hydrogens is 319 g/mol. The number of hydrogen-bond donors (Lipinski definition) is 0. The van der Waals surface area contributed by atoms with Gasteiger partial charge in [0.25, 0.3) is 0 Å². The Morgan fingerprint density at radius 1 is 0.680 bits per heavy atom. The monoisotopic (exact) mass is 350 g/mol. The van der Waals surface area contributed by atoms with E-state index in [0.717, 1.165) is 14.5 Å². The summed E-state index contributed by atoms with van der Waals surface area (Å²) in [5.74, 6) is 0.976. The van der Waals surface area contributed by atoms with Crippen LogP contribution in [0.5, 0.6) is 0 Å². The highest BCUT2D eigenvalue weighted by Gasteiger charge is 2.40. The molecule has 2 aliphatic rings. The minimum atomic E-state index is 0.601. The van der Waals surface area contributed by atoms with E-state index in [1.807, 2.05) is 0 Å². The van der Waals surface area contributed by atoms with E-state index in [9.17, 15) is 0 Å². The van der Waals surface area contributed by atoms with E-state index in [4.69, 9.17) is 0 Å². The molecule has 1 heteroatoms. The van der Waals surface area contributed by atoms with Gasteiger partial charge < -0.3 is 0 Å². The second-order valence-corrected chi connectivity index (χ2v) is 9.87. The predicted molar refractivity (Wildman–Crippen MR) is 112 cm³/mol. The fourth-order valence-electron chi connectivity index (χ4n) is 5.20. The van der Waals surface area contributed by atoms with Gasteiger partial charge in [0, 0.05) is 0 Å².